The summed E-state index contributed by atoms with van der Waals surface area (Å²) >= 11 is 0. The molecule has 102 valence electrons. The Morgan fingerprint density at radius 1 is 1.26 bits per heavy atom. The van der Waals surface area contributed by atoms with Gasteiger partial charge in [0.25, 0.3) is 0 Å². The minimum Gasteiger partial charge on any atom is -0.497 e. The Morgan fingerprint density at radius 3 is 2.58 bits per heavy atom. The van der Waals surface area contributed by atoms with Crippen molar-refractivity contribution < 1.29 is 9.53 Å². The van der Waals surface area contributed by atoms with Gasteiger partial charge in [-0.05, 0) is 42.7 Å². The topological polar surface area (TPSA) is 50.7 Å². The van der Waals surface area contributed by atoms with E-state index < -0.39 is 0 Å². The van der Waals surface area contributed by atoms with E-state index in [2.05, 4.69) is 10.5 Å². The van der Waals surface area contributed by atoms with Crippen LogP contribution >= 0.6 is 0 Å². The molecule has 1 saturated carbocycles. The van der Waals surface area contributed by atoms with Crippen LogP contribution in [-0.2, 0) is 4.79 Å². The molecule has 0 unspecified atom stereocenters. The third-order valence-electron chi connectivity index (χ3n) is 3.48. The fourth-order valence-corrected chi connectivity index (χ4v) is 2.32. The summed E-state index contributed by atoms with van der Waals surface area (Å²) in [4.78, 5) is 11.8. The molecule has 0 spiro atoms. The molecule has 1 N–H and O–H groups in total. The van der Waals surface area contributed by atoms with E-state index in [4.69, 9.17) is 4.74 Å². The van der Waals surface area contributed by atoms with Gasteiger partial charge in [0.05, 0.1) is 13.3 Å². The maximum Gasteiger partial charge on any atom is 0.243 e. The molecule has 0 bridgehead atoms. The van der Waals surface area contributed by atoms with E-state index in [1.165, 1.54) is 6.42 Å². The van der Waals surface area contributed by atoms with E-state index >= 15 is 0 Å². The number of carbonyl (C=O) groups excluding carboxylic acids is 1. The summed E-state index contributed by atoms with van der Waals surface area (Å²) in [6, 6.07) is 7.53. The second kappa shape index (κ2) is 6.92. The third-order valence-corrected chi connectivity index (χ3v) is 3.48. The average Bonchev–Trinajstić information content (AvgIpc) is 2.49. The fourth-order valence-electron chi connectivity index (χ4n) is 2.32. The fraction of sp³-hybridized carbons (Fsp3) is 0.467. The van der Waals surface area contributed by atoms with Crippen LogP contribution in [0.15, 0.2) is 29.4 Å². The molecule has 1 fully saturated rings. The van der Waals surface area contributed by atoms with Crippen molar-refractivity contribution in [2.75, 3.05) is 7.11 Å². The standard InChI is InChI=1S/C15H20N2O2/c1-19-14-9-7-12(8-10-14)11-16-17-15(18)13-5-3-2-4-6-13/h7-11,13H,2-6H2,1H3,(H,17,18)/b16-11-. The van der Waals surface area contributed by atoms with E-state index in [0.29, 0.717) is 0 Å². The number of hydrogen-bond acceptors (Lipinski definition) is 3. The van der Waals surface area contributed by atoms with Crippen molar-refractivity contribution in [2.45, 2.75) is 32.1 Å². The first kappa shape index (κ1) is 13.6. The second-order valence-corrected chi connectivity index (χ2v) is 4.84. The second-order valence-electron chi connectivity index (χ2n) is 4.84. The Labute approximate surface area is 113 Å². The molecular formula is C15H20N2O2. The molecule has 1 aliphatic rings. The summed E-state index contributed by atoms with van der Waals surface area (Å²) in [6.07, 6.45) is 7.19. The zero-order valence-corrected chi connectivity index (χ0v) is 11.3. The van der Waals surface area contributed by atoms with E-state index in [9.17, 15) is 4.79 Å². The van der Waals surface area contributed by atoms with E-state index in [1.807, 2.05) is 24.3 Å². The largest absolute Gasteiger partial charge is 0.497 e. The molecule has 2 rings (SSSR count). The minimum atomic E-state index is 0.0458. The Kier molecular flexibility index (Phi) is 4.95. The lowest BCUT2D eigenvalue weighted by Crippen LogP contribution is -2.28. The molecule has 0 atom stereocenters. The summed E-state index contributed by atoms with van der Waals surface area (Å²) in [5.41, 5.74) is 3.56. The van der Waals surface area contributed by atoms with Crippen molar-refractivity contribution in [3.8, 4) is 5.75 Å². The molecule has 0 aliphatic heterocycles. The van der Waals surface area contributed by atoms with E-state index in [1.54, 1.807) is 13.3 Å². The highest BCUT2D eigenvalue weighted by Gasteiger charge is 2.20. The van der Waals surface area contributed by atoms with Gasteiger partial charge in [0, 0.05) is 5.92 Å². The highest BCUT2D eigenvalue weighted by Crippen LogP contribution is 2.23. The number of ether oxygens (including phenoxy) is 1. The molecule has 0 heterocycles. The van der Waals surface area contributed by atoms with Crippen LogP contribution in [0.1, 0.15) is 37.7 Å². The maximum atomic E-state index is 11.8. The summed E-state index contributed by atoms with van der Waals surface area (Å²) in [5, 5.41) is 4.01. The Bertz CT molecular complexity index is 434. The van der Waals surface area contributed by atoms with Gasteiger partial charge in [-0.25, -0.2) is 5.43 Å². The van der Waals surface area contributed by atoms with Gasteiger partial charge in [0.2, 0.25) is 5.91 Å². The number of rotatable bonds is 4. The van der Waals surface area contributed by atoms with Crippen LogP contribution in [0, 0.1) is 5.92 Å². The summed E-state index contributed by atoms with van der Waals surface area (Å²) in [5.74, 6) is 0.995. The highest BCUT2D eigenvalue weighted by atomic mass is 16.5. The Morgan fingerprint density at radius 2 is 1.95 bits per heavy atom. The summed E-state index contributed by atoms with van der Waals surface area (Å²) in [7, 11) is 1.63. The first-order valence-electron chi connectivity index (χ1n) is 6.76. The number of hydrogen-bond donors (Lipinski definition) is 1. The molecule has 4 heteroatoms. The Balaban J connectivity index is 1.83. The minimum absolute atomic E-state index is 0.0458. The van der Waals surface area contributed by atoms with Gasteiger partial charge in [-0.1, -0.05) is 19.3 Å². The number of benzene rings is 1. The lowest BCUT2D eigenvalue weighted by atomic mass is 9.89. The van der Waals surface area contributed by atoms with Crippen LogP contribution in [-0.4, -0.2) is 19.2 Å². The van der Waals surface area contributed by atoms with Gasteiger partial charge >= 0.3 is 0 Å². The zero-order valence-electron chi connectivity index (χ0n) is 11.3. The molecule has 4 nitrogen and oxygen atoms in total. The van der Waals surface area contributed by atoms with Crippen molar-refractivity contribution >= 4 is 12.1 Å². The van der Waals surface area contributed by atoms with Crippen LogP contribution < -0.4 is 10.2 Å². The number of amides is 1. The lowest BCUT2D eigenvalue weighted by molar-refractivity contribution is -0.125. The van der Waals surface area contributed by atoms with Gasteiger partial charge in [0.15, 0.2) is 0 Å². The Hall–Kier alpha value is -1.84. The molecule has 0 aromatic heterocycles. The SMILES string of the molecule is COc1ccc(/C=N\NC(=O)C2CCCCC2)cc1. The normalized spacial score (nSPS) is 16.5. The van der Waals surface area contributed by atoms with Crippen LogP contribution in [0.2, 0.25) is 0 Å². The quantitative estimate of drug-likeness (QED) is 0.668. The summed E-state index contributed by atoms with van der Waals surface area (Å²) < 4.78 is 5.08. The predicted molar refractivity (Wildman–Crippen MR) is 75.3 cm³/mol. The van der Waals surface area contributed by atoms with Crippen LogP contribution in [0.25, 0.3) is 0 Å². The van der Waals surface area contributed by atoms with Crippen molar-refractivity contribution in [1.82, 2.24) is 5.43 Å². The molecule has 1 aliphatic carbocycles. The molecule has 1 aromatic carbocycles. The van der Waals surface area contributed by atoms with Crippen molar-refractivity contribution in [1.29, 1.82) is 0 Å². The van der Waals surface area contributed by atoms with Gasteiger partial charge in [-0.15, -0.1) is 0 Å². The van der Waals surface area contributed by atoms with Crippen LogP contribution in [0.3, 0.4) is 0 Å². The monoisotopic (exact) mass is 260 g/mol. The number of nitrogens with zero attached hydrogens (tertiary/aromatic N) is 1. The average molecular weight is 260 g/mol. The molecule has 1 aromatic rings. The van der Waals surface area contributed by atoms with E-state index in [-0.39, 0.29) is 11.8 Å². The summed E-state index contributed by atoms with van der Waals surface area (Å²) in [6.45, 7) is 0. The van der Waals surface area contributed by atoms with Crippen LogP contribution in [0.5, 0.6) is 5.75 Å². The number of methoxy groups -OCH3 is 1. The number of nitrogens with one attached hydrogen (secondary N) is 1. The van der Waals surface area contributed by atoms with Gasteiger partial charge in [-0.2, -0.15) is 5.10 Å². The van der Waals surface area contributed by atoms with Crippen molar-refractivity contribution in [3.63, 3.8) is 0 Å². The van der Waals surface area contributed by atoms with Crippen molar-refractivity contribution in [2.24, 2.45) is 11.0 Å². The molecule has 19 heavy (non-hydrogen) atoms. The number of carbonyl (C=O) groups is 1. The smallest absolute Gasteiger partial charge is 0.243 e. The molecule has 0 radical (unpaired) electrons. The van der Waals surface area contributed by atoms with E-state index in [0.717, 1.165) is 37.0 Å². The predicted octanol–water partition coefficient (Wildman–Crippen LogP) is 2.73. The zero-order chi connectivity index (χ0) is 13.5. The molecule has 0 saturated heterocycles. The molecule has 1 amide bonds. The number of hydrazone groups is 1. The highest BCUT2D eigenvalue weighted by molar-refractivity contribution is 5.83. The van der Waals surface area contributed by atoms with Gasteiger partial charge in [0.1, 0.15) is 5.75 Å². The lowest BCUT2D eigenvalue weighted by Gasteiger charge is -2.19. The maximum absolute atomic E-state index is 11.8. The van der Waals surface area contributed by atoms with Crippen LogP contribution in [0.4, 0.5) is 0 Å². The first-order valence-corrected chi connectivity index (χ1v) is 6.76. The van der Waals surface area contributed by atoms with Gasteiger partial charge in [-0.3, -0.25) is 4.79 Å². The third kappa shape index (κ3) is 4.09. The molecular weight excluding hydrogens is 240 g/mol. The van der Waals surface area contributed by atoms with Gasteiger partial charge < -0.3 is 4.74 Å². The van der Waals surface area contributed by atoms with Crippen molar-refractivity contribution in [3.05, 3.63) is 29.8 Å². The first-order chi connectivity index (χ1) is 9.29.